The third-order valence-corrected chi connectivity index (χ3v) is 6.65. The molecule has 0 atom stereocenters. The number of nitrogens with one attached hydrogen (secondary N) is 2. The Balaban J connectivity index is 1.45. The minimum atomic E-state index is 0.0471. The standard InChI is InChI=1S/C19H16Br4N4O2/c20-12-5-10(18-24-1-2-25-18)6-13(21)16(12)28-9-29-17-14(22)7-11(8-15(17)23)19-26-3-4-27-19/h5-8H,1-4,9H2,(H,24,25)(H,26,27). The van der Waals surface area contributed by atoms with Crippen molar-refractivity contribution in [1.82, 2.24) is 10.6 Å². The summed E-state index contributed by atoms with van der Waals surface area (Å²) in [7, 11) is 0. The van der Waals surface area contributed by atoms with Gasteiger partial charge in [0, 0.05) is 24.2 Å². The molecule has 2 aromatic rings. The second-order valence-corrected chi connectivity index (χ2v) is 9.68. The van der Waals surface area contributed by atoms with Gasteiger partial charge in [-0.1, -0.05) is 0 Å². The maximum Gasteiger partial charge on any atom is 0.231 e. The molecule has 2 N–H and O–H groups in total. The molecule has 152 valence electrons. The van der Waals surface area contributed by atoms with Crippen LogP contribution in [0.4, 0.5) is 0 Å². The normalized spacial score (nSPS) is 15.4. The van der Waals surface area contributed by atoms with E-state index in [0.29, 0.717) is 11.5 Å². The highest BCUT2D eigenvalue weighted by Crippen LogP contribution is 2.37. The van der Waals surface area contributed by atoms with Crippen LogP contribution in [0.2, 0.25) is 0 Å². The smallest absolute Gasteiger partial charge is 0.231 e. The maximum atomic E-state index is 5.88. The van der Waals surface area contributed by atoms with E-state index in [1.54, 1.807) is 0 Å². The van der Waals surface area contributed by atoms with Crippen molar-refractivity contribution in [2.45, 2.75) is 0 Å². The lowest BCUT2D eigenvalue weighted by Gasteiger charge is -2.15. The molecule has 0 bridgehead atoms. The minimum absolute atomic E-state index is 0.0471. The van der Waals surface area contributed by atoms with Crippen molar-refractivity contribution in [2.24, 2.45) is 9.98 Å². The first kappa shape index (κ1) is 21.1. The van der Waals surface area contributed by atoms with E-state index in [9.17, 15) is 0 Å². The third-order valence-electron chi connectivity index (χ3n) is 4.30. The number of nitrogens with zero attached hydrogens (tertiary/aromatic N) is 2. The largest absolute Gasteiger partial charge is 0.455 e. The van der Waals surface area contributed by atoms with Crippen molar-refractivity contribution in [3.8, 4) is 11.5 Å². The first-order chi connectivity index (χ1) is 14.0. The van der Waals surface area contributed by atoms with Gasteiger partial charge in [0.05, 0.1) is 31.0 Å². The Kier molecular flexibility index (Phi) is 6.83. The molecule has 2 aromatic carbocycles. The van der Waals surface area contributed by atoms with E-state index in [2.05, 4.69) is 84.3 Å². The molecule has 2 heterocycles. The highest BCUT2D eigenvalue weighted by atomic mass is 79.9. The molecule has 0 unspecified atom stereocenters. The van der Waals surface area contributed by atoms with E-state index in [-0.39, 0.29) is 6.79 Å². The molecule has 2 aliphatic rings. The number of halogens is 4. The summed E-state index contributed by atoms with van der Waals surface area (Å²) in [5, 5.41) is 6.54. The van der Waals surface area contributed by atoms with Gasteiger partial charge in [0.25, 0.3) is 0 Å². The lowest BCUT2D eigenvalue weighted by atomic mass is 10.2. The molecule has 2 aliphatic heterocycles. The average Bonchev–Trinajstić information content (AvgIpc) is 3.39. The molecule has 10 heteroatoms. The van der Waals surface area contributed by atoms with E-state index in [1.165, 1.54) is 0 Å². The Morgan fingerprint density at radius 2 is 1.07 bits per heavy atom. The predicted molar refractivity (Wildman–Crippen MR) is 129 cm³/mol. The number of aliphatic imine (C=N–C) groups is 2. The SMILES string of the molecule is Brc1cc(C2=NCCN2)cc(Br)c1OCOc1c(Br)cc(C2=NCCN2)cc1Br. The molecule has 29 heavy (non-hydrogen) atoms. The van der Waals surface area contributed by atoms with Crippen LogP contribution >= 0.6 is 63.7 Å². The topological polar surface area (TPSA) is 67.2 Å². The Bertz CT molecular complexity index is 884. The van der Waals surface area contributed by atoms with Crippen LogP contribution in [0.25, 0.3) is 0 Å². The minimum Gasteiger partial charge on any atom is -0.455 e. The molecular weight excluding hydrogens is 636 g/mol. The first-order valence-corrected chi connectivity index (χ1v) is 12.0. The lowest BCUT2D eigenvalue weighted by Crippen LogP contribution is -2.19. The second-order valence-electron chi connectivity index (χ2n) is 6.26. The molecule has 0 fully saturated rings. The fourth-order valence-corrected chi connectivity index (χ4v) is 5.83. The molecule has 0 aliphatic carbocycles. The Hall–Kier alpha value is -1.10. The molecule has 0 aromatic heterocycles. The Morgan fingerprint density at radius 3 is 1.38 bits per heavy atom. The van der Waals surface area contributed by atoms with Gasteiger partial charge >= 0.3 is 0 Å². The van der Waals surface area contributed by atoms with Crippen LogP contribution in [0.5, 0.6) is 11.5 Å². The summed E-state index contributed by atoms with van der Waals surface area (Å²) >= 11 is 14.3. The first-order valence-electron chi connectivity index (χ1n) is 8.84. The van der Waals surface area contributed by atoms with E-state index in [1.807, 2.05) is 24.3 Å². The van der Waals surface area contributed by atoms with Crippen molar-refractivity contribution in [3.63, 3.8) is 0 Å². The van der Waals surface area contributed by atoms with Gasteiger partial charge in [-0.2, -0.15) is 0 Å². The van der Waals surface area contributed by atoms with Gasteiger partial charge in [0.15, 0.2) is 11.5 Å². The summed E-state index contributed by atoms with van der Waals surface area (Å²) in [5.74, 6) is 3.12. The molecule has 6 nitrogen and oxygen atoms in total. The van der Waals surface area contributed by atoms with Crippen LogP contribution in [0, 0.1) is 0 Å². The van der Waals surface area contributed by atoms with Crippen LogP contribution in [0.3, 0.4) is 0 Å². The average molecular weight is 652 g/mol. The molecule has 0 saturated heterocycles. The van der Waals surface area contributed by atoms with Crippen molar-refractivity contribution in [3.05, 3.63) is 53.3 Å². The molecular formula is C19H16Br4N4O2. The number of hydrogen-bond acceptors (Lipinski definition) is 6. The number of benzene rings is 2. The molecule has 0 radical (unpaired) electrons. The zero-order valence-electron chi connectivity index (χ0n) is 15.1. The van der Waals surface area contributed by atoms with Gasteiger partial charge in [-0.25, -0.2) is 0 Å². The molecule has 0 spiro atoms. The zero-order valence-corrected chi connectivity index (χ0v) is 21.4. The van der Waals surface area contributed by atoms with Crippen LogP contribution in [0.1, 0.15) is 11.1 Å². The molecule has 4 rings (SSSR count). The summed E-state index contributed by atoms with van der Waals surface area (Å²) in [4.78, 5) is 8.90. The van der Waals surface area contributed by atoms with Gasteiger partial charge < -0.3 is 20.1 Å². The van der Waals surface area contributed by atoms with Crippen LogP contribution in [-0.2, 0) is 0 Å². The number of ether oxygens (including phenoxy) is 2. The number of amidine groups is 2. The zero-order chi connectivity index (χ0) is 20.4. The molecule has 0 saturated carbocycles. The van der Waals surface area contributed by atoms with Gasteiger partial charge in [-0.05, 0) is 88.0 Å². The van der Waals surface area contributed by atoms with Crippen LogP contribution < -0.4 is 20.1 Å². The summed E-state index contributed by atoms with van der Waals surface area (Å²) in [5.41, 5.74) is 2.00. The van der Waals surface area contributed by atoms with E-state index >= 15 is 0 Å². The summed E-state index contributed by atoms with van der Waals surface area (Å²) in [6, 6.07) is 7.92. The Morgan fingerprint density at radius 1 is 0.690 bits per heavy atom. The van der Waals surface area contributed by atoms with Crippen molar-refractivity contribution < 1.29 is 9.47 Å². The third kappa shape index (κ3) is 4.81. The second kappa shape index (κ2) is 9.36. The van der Waals surface area contributed by atoms with Gasteiger partial charge in [-0.15, -0.1) is 0 Å². The predicted octanol–water partition coefficient (Wildman–Crippen LogP) is 4.85. The lowest BCUT2D eigenvalue weighted by molar-refractivity contribution is 0.116. The van der Waals surface area contributed by atoms with E-state index in [0.717, 1.165) is 66.9 Å². The van der Waals surface area contributed by atoms with Gasteiger partial charge in [-0.3, -0.25) is 9.98 Å². The summed E-state index contributed by atoms with van der Waals surface area (Å²) < 4.78 is 15.0. The quantitative estimate of drug-likeness (QED) is 0.439. The number of rotatable bonds is 6. The highest BCUT2D eigenvalue weighted by Gasteiger charge is 2.17. The maximum absolute atomic E-state index is 5.88. The summed E-state index contributed by atoms with van der Waals surface area (Å²) in [6.45, 7) is 3.36. The van der Waals surface area contributed by atoms with Crippen LogP contribution in [0.15, 0.2) is 52.1 Å². The molecule has 0 amide bonds. The monoisotopic (exact) mass is 648 g/mol. The van der Waals surface area contributed by atoms with Gasteiger partial charge in [0.1, 0.15) is 11.7 Å². The van der Waals surface area contributed by atoms with Crippen LogP contribution in [-0.4, -0.2) is 44.6 Å². The van der Waals surface area contributed by atoms with Crippen molar-refractivity contribution in [2.75, 3.05) is 33.0 Å². The van der Waals surface area contributed by atoms with Crippen molar-refractivity contribution in [1.29, 1.82) is 0 Å². The van der Waals surface area contributed by atoms with Gasteiger partial charge in [0.2, 0.25) is 6.79 Å². The van der Waals surface area contributed by atoms with E-state index in [4.69, 9.17) is 9.47 Å². The summed E-state index contributed by atoms with van der Waals surface area (Å²) in [6.07, 6.45) is 0. The highest BCUT2D eigenvalue weighted by molar-refractivity contribution is 9.11. The Labute approximate surface area is 202 Å². The van der Waals surface area contributed by atoms with E-state index < -0.39 is 0 Å². The van der Waals surface area contributed by atoms with Crippen molar-refractivity contribution >= 4 is 75.4 Å². The number of hydrogen-bond donors (Lipinski definition) is 2. The fraction of sp³-hybridized carbons (Fsp3) is 0.263. The fourth-order valence-electron chi connectivity index (χ4n) is 3.00.